The Morgan fingerprint density at radius 1 is 0.829 bits per heavy atom. The van der Waals surface area contributed by atoms with E-state index in [2.05, 4.69) is 0 Å². The SMILES string of the molecule is CN(C(=O)c1cc(C(F)(F)F)cc(C(F)(F)F)c1)C(CC(=O)On1c(O)ccc1O)Cc1ccc2ccccc2c1. The summed E-state index contributed by atoms with van der Waals surface area (Å²) in [6, 6.07) is 14.0. The van der Waals surface area contributed by atoms with Gasteiger partial charge in [0.25, 0.3) is 5.91 Å². The number of carbonyl (C=O) groups is 2. The summed E-state index contributed by atoms with van der Waals surface area (Å²) in [5.74, 6) is -3.49. The third-order valence-electron chi connectivity index (χ3n) is 6.38. The molecule has 4 aromatic rings. The normalized spacial score (nSPS) is 12.8. The van der Waals surface area contributed by atoms with E-state index < -0.39 is 65.1 Å². The molecule has 0 spiro atoms. The van der Waals surface area contributed by atoms with Crippen LogP contribution in [0.25, 0.3) is 10.8 Å². The molecule has 0 fully saturated rings. The van der Waals surface area contributed by atoms with Gasteiger partial charge in [0.1, 0.15) is 0 Å². The minimum Gasteiger partial charge on any atom is -0.492 e. The summed E-state index contributed by atoms with van der Waals surface area (Å²) < 4.78 is 80.8. The molecule has 0 bridgehead atoms. The number of alkyl halides is 6. The minimum atomic E-state index is -5.16. The summed E-state index contributed by atoms with van der Waals surface area (Å²) in [6.07, 6.45) is -11.0. The Morgan fingerprint density at radius 2 is 1.39 bits per heavy atom. The topological polar surface area (TPSA) is 92.0 Å². The van der Waals surface area contributed by atoms with Crippen molar-refractivity contribution < 1.29 is 51.0 Å². The molecule has 1 atom stereocenters. The predicted octanol–water partition coefficient (Wildman–Crippen LogP) is 5.82. The molecule has 7 nitrogen and oxygen atoms in total. The molecule has 0 saturated carbocycles. The molecule has 1 unspecified atom stereocenters. The Bertz CT molecular complexity index is 1540. The number of nitrogens with zero attached hydrogens (tertiary/aromatic N) is 2. The third kappa shape index (κ3) is 6.73. The molecule has 0 aliphatic rings. The standard InChI is InChI=1S/C28H22F6N2O5/c1-35(26(40)19-12-20(27(29,30)31)14-21(13-19)28(32,33)34)22(15-25(39)41-36-23(37)8-9-24(36)38)11-16-6-7-17-4-2-3-5-18(17)10-16/h2-10,12-14,22,37-38H,11,15H2,1H3. The van der Waals surface area contributed by atoms with Crippen LogP contribution in [0.4, 0.5) is 26.3 Å². The van der Waals surface area contributed by atoms with Gasteiger partial charge in [0.2, 0.25) is 11.8 Å². The number of hydrogen-bond donors (Lipinski definition) is 2. The van der Waals surface area contributed by atoms with Crippen molar-refractivity contribution in [2.24, 2.45) is 0 Å². The minimum absolute atomic E-state index is 0.0447. The summed E-state index contributed by atoms with van der Waals surface area (Å²) in [5, 5.41) is 21.2. The van der Waals surface area contributed by atoms with Crippen molar-refractivity contribution in [3.63, 3.8) is 0 Å². The number of benzene rings is 3. The van der Waals surface area contributed by atoms with E-state index in [1.807, 2.05) is 18.2 Å². The molecule has 0 aliphatic heterocycles. The van der Waals surface area contributed by atoms with Crippen LogP contribution in [0.2, 0.25) is 0 Å². The first kappa shape index (κ1) is 29.3. The highest BCUT2D eigenvalue weighted by molar-refractivity contribution is 5.95. The number of rotatable bonds is 7. The van der Waals surface area contributed by atoms with E-state index in [0.717, 1.165) is 34.9 Å². The Labute approximate surface area is 228 Å². The number of amides is 1. The van der Waals surface area contributed by atoms with Crippen molar-refractivity contribution in [2.45, 2.75) is 31.2 Å². The molecule has 1 amide bonds. The van der Waals surface area contributed by atoms with Crippen LogP contribution >= 0.6 is 0 Å². The summed E-state index contributed by atoms with van der Waals surface area (Å²) in [7, 11) is 1.14. The Hall–Kier alpha value is -4.68. The van der Waals surface area contributed by atoms with Gasteiger partial charge in [-0.1, -0.05) is 42.5 Å². The first-order valence-electron chi connectivity index (χ1n) is 12.0. The van der Waals surface area contributed by atoms with Gasteiger partial charge in [-0.25, -0.2) is 4.79 Å². The molecule has 0 radical (unpaired) electrons. The largest absolute Gasteiger partial charge is 0.492 e. The molecular weight excluding hydrogens is 558 g/mol. The summed E-state index contributed by atoms with van der Waals surface area (Å²) in [4.78, 5) is 31.9. The Morgan fingerprint density at radius 3 is 1.95 bits per heavy atom. The molecule has 4 rings (SSSR count). The van der Waals surface area contributed by atoms with E-state index in [-0.39, 0.29) is 12.5 Å². The van der Waals surface area contributed by atoms with Crippen LogP contribution < -0.4 is 4.84 Å². The number of fused-ring (bicyclic) bond motifs is 1. The lowest BCUT2D eigenvalue weighted by molar-refractivity contribution is -0.146. The van der Waals surface area contributed by atoms with Crippen molar-refractivity contribution in [1.29, 1.82) is 0 Å². The zero-order chi connectivity index (χ0) is 30.1. The zero-order valence-electron chi connectivity index (χ0n) is 21.2. The lowest BCUT2D eigenvalue weighted by Gasteiger charge is -2.28. The van der Waals surface area contributed by atoms with E-state index in [0.29, 0.717) is 22.4 Å². The first-order chi connectivity index (χ1) is 19.1. The first-order valence-corrected chi connectivity index (χ1v) is 12.0. The van der Waals surface area contributed by atoms with Crippen LogP contribution in [-0.2, 0) is 23.6 Å². The average Bonchev–Trinajstić information content (AvgIpc) is 3.22. The van der Waals surface area contributed by atoms with Gasteiger partial charge in [0, 0.05) is 30.8 Å². The molecule has 2 N–H and O–H groups in total. The predicted molar refractivity (Wildman–Crippen MR) is 134 cm³/mol. The van der Waals surface area contributed by atoms with Gasteiger partial charge in [-0.2, -0.15) is 26.3 Å². The molecule has 3 aromatic carbocycles. The number of hydrogen-bond acceptors (Lipinski definition) is 5. The molecule has 41 heavy (non-hydrogen) atoms. The maximum atomic E-state index is 13.4. The second-order valence-corrected chi connectivity index (χ2v) is 9.26. The van der Waals surface area contributed by atoms with Gasteiger partial charge >= 0.3 is 18.3 Å². The second-order valence-electron chi connectivity index (χ2n) is 9.26. The molecule has 1 aromatic heterocycles. The summed E-state index contributed by atoms with van der Waals surface area (Å²) in [5.41, 5.74) is -3.60. The molecule has 13 heteroatoms. The maximum absolute atomic E-state index is 13.4. The van der Waals surface area contributed by atoms with E-state index in [1.54, 1.807) is 24.3 Å². The highest BCUT2D eigenvalue weighted by Crippen LogP contribution is 2.36. The van der Waals surface area contributed by atoms with Crippen LogP contribution in [0, 0.1) is 0 Å². The molecule has 216 valence electrons. The summed E-state index contributed by atoms with van der Waals surface area (Å²) in [6.45, 7) is 0. The van der Waals surface area contributed by atoms with Crippen LogP contribution in [-0.4, -0.2) is 44.8 Å². The number of carbonyl (C=O) groups excluding carboxylic acids is 2. The second kappa shape index (κ2) is 11.1. The van der Waals surface area contributed by atoms with Crippen molar-refractivity contribution in [1.82, 2.24) is 9.63 Å². The van der Waals surface area contributed by atoms with E-state index in [9.17, 15) is 46.1 Å². The van der Waals surface area contributed by atoms with E-state index in [4.69, 9.17) is 4.84 Å². The van der Waals surface area contributed by atoms with Crippen LogP contribution in [0.3, 0.4) is 0 Å². The highest BCUT2D eigenvalue weighted by atomic mass is 19.4. The maximum Gasteiger partial charge on any atom is 0.416 e. The fourth-order valence-electron chi connectivity index (χ4n) is 4.26. The fourth-order valence-corrected chi connectivity index (χ4v) is 4.26. The molecule has 1 heterocycles. The number of halogens is 6. The van der Waals surface area contributed by atoms with Crippen molar-refractivity contribution in [3.05, 3.63) is 95.1 Å². The smallest absolute Gasteiger partial charge is 0.416 e. The highest BCUT2D eigenvalue weighted by Gasteiger charge is 2.38. The van der Waals surface area contributed by atoms with Crippen molar-refractivity contribution in [2.75, 3.05) is 7.05 Å². The molecule has 0 saturated heterocycles. The lowest BCUT2D eigenvalue weighted by Crippen LogP contribution is -2.41. The zero-order valence-corrected chi connectivity index (χ0v) is 21.2. The van der Waals surface area contributed by atoms with E-state index in [1.165, 1.54) is 0 Å². The third-order valence-corrected chi connectivity index (χ3v) is 6.38. The van der Waals surface area contributed by atoms with Crippen LogP contribution in [0.15, 0.2) is 72.8 Å². The van der Waals surface area contributed by atoms with Crippen LogP contribution in [0.1, 0.15) is 33.5 Å². The van der Waals surface area contributed by atoms with Crippen molar-refractivity contribution in [3.8, 4) is 11.8 Å². The van der Waals surface area contributed by atoms with Gasteiger partial charge in [0.05, 0.1) is 17.5 Å². The Balaban J connectivity index is 1.69. The quantitative estimate of drug-likeness (QED) is 0.269. The van der Waals surface area contributed by atoms with Crippen LogP contribution in [0.5, 0.6) is 11.8 Å². The van der Waals surface area contributed by atoms with Crippen molar-refractivity contribution >= 4 is 22.6 Å². The van der Waals surface area contributed by atoms with Gasteiger partial charge in [-0.05, 0) is 41.0 Å². The van der Waals surface area contributed by atoms with Gasteiger partial charge in [-0.15, -0.1) is 4.73 Å². The molecular formula is C28H22F6N2O5. The van der Waals surface area contributed by atoms with Gasteiger partial charge in [-0.3, -0.25) is 4.79 Å². The number of aromatic nitrogens is 1. The average molecular weight is 580 g/mol. The number of likely N-dealkylation sites (N-methyl/N-ethyl adjacent to an activating group) is 1. The van der Waals surface area contributed by atoms with Gasteiger partial charge in [0.15, 0.2) is 0 Å². The fraction of sp³-hybridized carbons (Fsp3) is 0.214. The number of aromatic hydroxyl groups is 2. The monoisotopic (exact) mass is 580 g/mol. The Kier molecular flexibility index (Phi) is 7.91. The molecule has 0 aliphatic carbocycles. The van der Waals surface area contributed by atoms with Gasteiger partial charge < -0.3 is 20.0 Å². The van der Waals surface area contributed by atoms with E-state index >= 15 is 0 Å². The lowest BCUT2D eigenvalue weighted by atomic mass is 9.98. The summed E-state index contributed by atoms with van der Waals surface area (Å²) >= 11 is 0.